The SMILES string of the molecule is COCOc1cc(-c2ncc3c(N4CC5CCC(C4)N5C(=O)OC(C)(C)C)nc(OCC4(CN5CCC6(CCN(CC7CCN(c8ccc9c(c8)n(C)c(=O)n9C8CCC(=O)NC8=O)CC7)CC6)CC5)CC4)nc3c2F)c2c(C#C[Si](C(C)C)(C(C)C)C(C)C)c(F)ccc2c1. The molecule has 1 spiro atoms. The number of imidazole rings is 1. The summed E-state index contributed by atoms with van der Waals surface area (Å²) in [4.78, 5) is 78.5. The third-order valence-corrected chi connectivity index (χ3v) is 29.2. The first kappa shape index (κ1) is 67.4. The molecule has 514 valence electrons. The van der Waals surface area contributed by atoms with E-state index in [2.05, 4.69) is 90.1 Å². The number of amides is 3. The van der Waals surface area contributed by atoms with E-state index in [-0.39, 0.29) is 71.2 Å². The number of likely N-dealkylation sites (tertiary alicyclic amines) is 2. The number of anilines is 2. The molecular weight excluding hydrogens is 1240 g/mol. The maximum Gasteiger partial charge on any atom is 0.410 e. The van der Waals surface area contributed by atoms with Crippen LogP contribution in [0.1, 0.15) is 151 Å². The third kappa shape index (κ3) is 13.1. The highest BCUT2D eigenvalue weighted by atomic mass is 28.3. The van der Waals surface area contributed by atoms with Gasteiger partial charge in [-0.1, -0.05) is 53.5 Å². The zero-order chi connectivity index (χ0) is 67.8. The number of hydrogen-bond acceptors (Lipinski definition) is 15. The summed E-state index contributed by atoms with van der Waals surface area (Å²) in [6, 6.07) is 11.7. The van der Waals surface area contributed by atoms with Gasteiger partial charge >= 0.3 is 17.8 Å². The van der Waals surface area contributed by atoms with Crippen molar-refractivity contribution in [3.05, 3.63) is 76.3 Å². The number of carbonyl (C=O) groups excluding carboxylic acids is 3. The maximum absolute atomic E-state index is 18.3. The van der Waals surface area contributed by atoms with E-state index >= 15 is 8.78 Å². The molecule has 6 aliphatic heterocycles. The van der Waals surface area contributed by atoms with E-state index in [1.807, 2.05) is 31.7 Å². The Kier molecular flexibility index (Phi) is 18.6. The van der Waals surface area contributed by atoms with Gasteiger partial charge in [0.15, 0.2) is 12.6 Å². The molecule has 3 aromatic heterocycles. The first-order valence-electron chi connectivity index (χ1n) is 35.3. The fourth-order valence-electron chi connectivity index (χ4n) is 17.4. The Morgan fingerprint density at radius 3 is 2.10 bits per heavy atom. The number of aromatic nitrogens is 5. The molecule has 3 amide bonds. The van der Waals surface area contributed by atoms with E-state index in [4.69, 9.17) is 33.9 Å². The van der Waals surface area contributed by atoms with Gasteiger partial charge in [0.1, 0.15) is 48.3 Å². The van der Waals surface area contributed by atoms with Crippen molar-refractivity contribution >= 4 is 70.2 Å². The van der Waals surface area contributed by atoms with E-state index < -0.39 is 37.3 Å². The zero-order valence-electron chi connectivity index (χ0n) is 58.1. The average molecular weight is 1330 g/mol. The summed E-state index contributed by atoms with van der Waals surface area (Å²) in [7, 11) is 0.923. The second-order valence-corrected chi connectivity index (χ2v) is 36.6. The molecule has 2 bridgehead atoms. The number of carbonyl (C=O) groups is 3. The highest BCUT2D eigenvalue weighted by molar-refractivity contribution is 6.90. The zero-order valence-corrected chi connectivity index (χ0v) is 59.1. The van der Waals surface area contributed by atoms with E-state index in [9.17, 15) is 19.2 Å². The van der Waals surface area contributed by atoms with E-state index in [0.29, 0.717) is 92.9 Å². The van der Waals surface area contributed by atoms with Crippen LogP contribution in [0.5, 0.6) is 11.8 Å². The first-order valence-corrected chi connectivity index (χ1v) is 37.5. The number of piperazine rings is 1. The molecule has 7 aliphatic rings. The number of aryl methyl sites for hydroxylation is 1. The summed E-state index contributed by atoms with van der Waals surface area (Å²) in [6.07, 6.45) is 12.4. The monoisotopic (exact) mass is 1330 g/mol. The van der Waals surface area contributed by atoms with Crippen molar-refractivity contribution in [3.63, 3.8) is 0 Å². The average Bonchev–Trinajstić information content (AvgIpc) is 1.06. The lowest BCUT2D eigenvalue weighted by atomic mass is 9.71. The van der Waals surface area contributed by atoms with Crippen molar-refractivity contribution in [2.45, 2.75) is 180 Å². The molecular formula is C74H97F2N11O8Si. The molecule has 22 heteroatoms. The van der Waals surface area contributed by atoms with Gasteiger partial charge in [-0.15, -0.1) is 5.54 Å². The van der Waals surface area contributed by atoms with Crippen LogP contribution in [0, 0.1) is 39.8 Å². The van der Waals surface area contributed by atoms with Gasteiger partial charge in [-0.05, 0) is 187 Å². The number of fused-ring (bicyclic) bond motifs is 5. The molecule has 7 fully saturated rings. The molecule has 9 heterocycles. The van der Waals surface area contributed by atoms with Crippen molar-refractivity contribution in [3.8, 4) is 34.5 Å². The number of benzene rings is 3. The molecule has 19 nitrogen and oxygen atoms in total. The van der Waals surface area contributed by atoms with Crippen molar-refractivity contribution in [1.29, 1.82) is 0 Å². The Labute approximate surface area is 563 Å². The van der Waals surface area contributed by atoms with Crippen LogP contribution in [-0.4, -0.2) is 168 Å². The lowest BCUT2D eigenvalue weighted by molar-refractivity contribution is -0.135. The second-order valence-electron chi connectivity index (χ2n) is 31.0. The molecule has 6 aromatic rings. The molecule has 3 atom stereocenters. The van der Waals surface area contributed by atoms with Crippen molar-refractivity contribution < 1.29 is 42.1 Å². The highest BCUT2D eigenvalue weighted by Crippen LogP contribution is 2.50. The summed E-state index contributed by atoms with van der Waals surface area (Å²) < 4.78 is 62.2. The van der Waals surface area contributed by atoms with Gasteiger partial charge in [-0.3, -0.25) is 33.9 Å². The minimum absolute atomic E-state index is 0.0271. The van der Waals surface area contributed by atoms with Gasteiger partial charge < -0.3 is 38.5 Å². The van der Waals surface area contributed by atoms with E-state index in [1.165, 1.54) is 38.9 Å². The maximum atomic E-state index is 18.3. The minimum atomic E-state index is -2.36. The number of nitrogens with zero attached hydrogens (tertiary/aromatic N) is 10. The van der Waals surface area contributed by atoms with Gasteiger partial charge in [0.2, 0.25) is 11.8 Å². The van der Waals surface area contributed by atoms with E-state index in [0.717, 1.165) is 102 Å². The second kappa shape index (κ2) is 26.6. The van der Waals surface area contributed by atoms with Gasteiger partial charge in [-0.2, -0.15) is 9.97 Å². The van der Waals surface area contributed by atoms with Crippen LogP contribution in [0.2, 0.25) is 16.6 Å². The molecule has 1 aliphatic carbocycles. The van der Waals surface area contributed by atoms with Crippen molar-refractivity contribution in [2.24, 2.45) is 23.8 Å². The highest BCUT2D eigenvalue weighted by Gasteiger charge is 2.49. The topological polar surface area (TPSA) is 182 Å². The molecule has 96 heavy (non-hydrogen) atoms. The Bertz CT molecular complexity index is 4050. The number of halogens is 2. The smallest absolute Gasteiger partial charge is 0.410 e. The first-order chi connectivity index (χ1) is 45.9. The predicted molar refractivity (Wildman–Crippen MR) is 372 cm³/mol. The Morgan fingerprint density at radius 2 is 1.47 bits per heavy atom. The Morgan fingerprint density at radius 1 is 0.792 bits per heavy atom. The summed E-state index contributed by atoms with van der Waals surface area (Å²) in [6.45, 7) is 28.4. The summed E-state index contributed by atoms with van der Waals surface area (Å²) in [5.41, 5.74) is 7.01. The lowest BCUT2D eigenvalue weighted by Gasteiger charge is -2.48. The minimum Gasteiger partial charge on any atom is -0.468 e. The number of rotatable bonds is 17. The van der Waals surface area contributed by atoms with Gasteiger partial charge in [0.25, 0.3) is 0 Å². The summed E-state index contributed by atoms with van der Waals surface area (Å²) in [5.74, 6) is 2.95. The normalized spacial score (nSPS) is 21.9. The predicted octanol–water partition coefficient (Wildman–Crippen LogP) is 12.1. The fraction of sp³-hybridized carbons (Fsp3) is 0.608. The lowest BCUT2D eigenvalue weighted by Crippen LogP contribution is -2.57. The van der Waals surface area contributed by atoms with Crippen LogP contribution >= 0.6 is 0 Å². The van der Waals surface area contributed by atoms with Gasteiger partial charge in [-0.25, -0.2) is 18.4 Å². The number of piperidine rings is 4. The third-order valence-electron chi connectivity index (χ3n) is 22.9. The van der Waals surface area contributed by atoms with Crippen LogP contribution in [0.3, 0.4) is 0 Å². The standard InChI is InChI=1S/C74H97F2N11O8Si/c1-46(2)96(47(3)4,48(5)6)35-22-55-58(75)16-12-50-36-54(94-45-92-11)38-56(63(50)55)65-64(76)66-57(39-77-65)67(85-41-52-13-14-53(42-85)86(52)71(91)95-72(7,8)9)80-69(79-66)93-44-74(23-24-74)43-83-33-27-73(28-34-83)25-31-82(32-26-73)40-49-20-29-84(30-21-49)51-15-17-59-61(37-51)81(10)70(90)87(59)60-18-19-62(88)78-68(60)89/h12,15-17,36-39,46-49,52-53,60H,13-14,18-21,23-34,40-45H2,1-11H3,(H,78,88,89). The number of pyridine rings is 1. The van der Waals surface area contributed by atoms with Crippen molar-refractivity contribution in [2.75, 3.05) is 95.8 Å². The molecule has 6 saturated heterocycles. The molecule has 13 rings (SSSR count). The molecule has 3 unspecified atom stereocenters. The van der Waals surface area contributed by atoms with Crippen LogP contribution in [0.25, 0.3) is 44.0 Å². The van der Waals surface area contributed by atoms with E-state index in [1.54, 1.807) is 40.6 Å². The van der Waals surface area contributed by atoms with Crippen LogP contribution in [0.4, 0.5) is 25.1 Å². The van der Waals surface area contributed by atoms with Gasteiger partial charge in [0.05, 0.1) is 40.7 Å². The van der Waals surface area contributed by atoms with Crippen molar-refractivity contribution in [1.82, 2.24) is 44.1 Å². The fourth-order valence-corrected chi connectivity index (χ4v) is 22.6. The van der Waals surface area contributed by atoms with Crippen LogP contribution < -0.4 is 30.3 Å². The molecule has 3 aromatic carbocycles. The number of ether oxygens (including phenoxy) is 4. The number of hydrogen-bond donors (Lipinski definition) is 1. The van der Waals surface area contributed by atoms with Crippen LogP contribution in [-0.2, 0) is 26.1 Å². The van der Waals surface area contributed by atoms with Crippen LogP contribution in [0.15, 0.2) is 53.5 Å². The Balaban J connectivity index is 0.698. The number of nitrogens with one attached hydrogen (secondary N) is 1. The molecule has 0 radical (unpaired) electrons. The molecule has 1 N–H and O–H groups in total. The molecule has 1 saturated carbocycles. The quantitative estimate of drug-likeness (QED) is 0.0394. The number of methoxy groups -OCH3 is 1. The number of imide groups is 1. The van der Waals surface area contributed by atoms with Gasteiger partial charge in [0, 0.05) is 88.1 Å². The summed E-state index contributed by atoms with van der Waals surface area (Å²) in [5, 5.41) is 3.85. The largest absolute Gasteiger partial charge is 0.468 e. The summed E-state index contributed by atoms with van der Waals surface area (Å²) >= 11 is 0. The Hall–Kier alpha value is -7.19.